The first-order valence-corrected chi connectivity index (χ1v) is 6.32. The maximum absolute atomic E-state index is 10.5. The molecule has 0 fully saturated rings. The molecule has 4 N–H and O–H groups in total. The average molecular weight is 317 g/mol. The molecule has 18 heavy (non-hydrogen) atoms. The third kappa shape index (κ3) is 5.03. The van der Waals surface area contributed by atoms with Gasteiger partial charge in [0.15, 0.2) is 0 Å². The monoisotopic (exact) mass is 316 g/mol. The van der Waals surface area contributed by atoms with E-state index in [1.54, 1.807) is 7.11 Å². The first kappa shape index (κ1) is 14.9. The molecule has 0 amide bonds. The smallest absolute Gasteiger partial charge is 0.304 e. The molecule has 6 heteroatoms. The Morgan fingerprint density at radius 2 is 2.33 bits per heavy atom. The van der Waals surface area contributed by atoms with E-state index < -0.39 is 5.97 Å². The number of methoxy groups -OCH3 is 1. The van der Waals surface area contributed by atoms with E-state index in [2.05, 4.69) is 21.2 Å². The lowest BCUT2D eigenvalue weighted by Gasteiger charge is -2.13. The average Bonchev–Trinajstić information content (AvgIpc) is 2.28. The highest BCUT2D eigenvalue weighted by atomic mass is 79.9. The van der Waals surface area contributed by atoms with Crippen LogP contribution in [0.2, 0.25) is 0 Å². The van der Waals surface area contributed by atoms with Crippen LogP contribution in [0.3, 0.4) is 0 Å². The van der Waals surface area contributed by atoms with E-state index in [-0.39, 0.29) is 12.5 Å². The largest absolute Gasteiger partial charge is 0.496 e. The van der Waals surface area contributed by atoms with Gasteiger partial charge in [-0.1, -0.05) is 15.9 Å². The molecular weight excluding hydrogens is 300 g/mol. The van der Waals surface area contributed by atoms with Crippen LogP contribution in [0.25, 0.3) is 0 Å². The Morgan fingerprint density at radius 3 is 2.94 bits per heavy atom. The van der Waals surface area contributed by atoms with E-state index in [0.29, 0.717) is 13.1 Å². The molecule has 1 rings (SSSR count). The molecule has 0 radical (unpaired) electrons. The summed E-state index contributed by atoms with van der Waals surface area (Å²) < 4.78 is 6.20. The number of hydrogen-bond donors (Lipinski definition) is 3. The summed E-state index contributed by atoms with van der Waals surface area (Å²) in [6.45, 7) is 1.03. The summed E-state index contributed by atoms with van der Waals surface area (Å²) in [7, 11) is 1.61. The summed E-state index contributed by atoms with van der Waals surface area (Å²) >= 11 is 3.39. The molecule has 100 valence electrons. The Bertz CT molecular complexity index is 412. The van der Waals surface area contributed by atoms with E-state index in [1.165, 1.54) is 0 Å². The Morgan fingerprint density at radius 1 is 1.61 bits per heavy atom. The minimum Gasteiger partial charge on any atom is -0.496 e. The molecule has 0 aromatic heterocycles. The normalized spacial score (nSPS) is 12.2. The molecule has 1 atom stereocenters. The highest BCUT2D eigenvalue weighted by Gasteiger charge is 2.08. The van der Waals surface area contributed by atoms with Gasteiger partial charge >= 0.3 is 5.97 Å². The van der Waals surface area contributed by atoms with Crippen LogP contribution in [-0.2, 0) is 11.3 Å². The van der Waals surface area contributed by atoms with Crippen LogP contribution in [0.5, 0.6) is 5.75 Å². The lowest BCUT2D eigenvalue weighted by Crippen LogP contribution is -2.35. The van der Waals surface area contributed by atoms with Crippen LogP contribution in [0.15, 0.2) is 22.7 Å². The van der Waals surface area contributed by atoms with Crippen molar-refractivity contribution in [1.29, 1.82) is 0 Å². The topological polar surface area (TPSA) is 84.6 Å². The lowest BCUT2D eigenvalue weighted by atomic mass is 10.2. The van der Waals surface area contributed by atoms with Crippen LogP contribution in [-0.4, -0.2) is 30.8 Å². The summed E-state index contributed by atoms with van der Waals surface area (Å²) in [4.78, 5) is 10.5. The molecule has 0 heterocycles. The minimum atomic E-state index is -0.885. The number of halogens is 1. The van der Waals surface area contributed by atoms with E-state index in [4.69, 9.17) is 15.6 Å². The highest BCUT2D eigenvalue weighted by Crippen LogP contribution is 2.22. The Balaban J connectivity index is 2.48. The number of nitrogens with one attached hydrogen (secondary N) is 1. The van der Waals surface area contributed by atoms with Crippen molar-refractivity contribution in [2.75, 3.05) is 13.7 Å². The van der Waals surface area contributed by atoms with Crippen molar-refractivity contribution < 1.29 is 14.6 Å². The molecular formula is C12H17BrN2O3. The molecule has 5 nitrogen and oxygen atoms in total. The SMILES string of the molecule is COc1ccc(Br)cc1CNCC(N)CC(=O)O. The molecule has 1 unspecified atom stereocenters. The summed E-state index contributed by atoms with van der Waals surface area (Å²) in [6, 6.07) is 5.34. The van der Waals surface area contributed by atoms with E-state index in [9.17, 15) is 4.79 Å². The van der Waals surface area contributed by atoms with Crippen molar-refractivity contribution in [1.82, 2.24) is 5.32 Å². The van der Waals surface area contributed by atoms with Gasteiger partial charge in [-0.2, -0.15) is 0 Å². The lowest BCUT2D eigenvalue weighted by molar-refractivity contribution is -0.137. The van der Waals surface area contributed by atoms with Crippen molar-refractivity contribution >= 4 is 21.9 Å². The summed E-state index contributed by atoms with van der Waals surface area (Å²) in [6.07, 6.45) is -0.0391. The predicted octanol–water partition coefficient (Wildman–Crippen LogP) is 1.35. The zero-order valence-corrected chi connectivity index (χ0v) is 11.7. The van der Waals surface area contributed by atoms with E-state index >= 15 is 0 Å². The second-order valence-electron chi connectivity index (χ2n) is 3.95. The number of benzene rings is 1. The van der Waals surface area contributed by atoms with Crippen LogP contribution >= 0.6 is 15.9 Å². The quantitative estimate of drug-likeness (QED) is 0.707. The van der Waals surface area contributed by atoms with Gasteiger partial charge in [0.05, 0.1) is 13.5 Å². The third-order valence-electron chi connectivity index (χ3n) is 2.40. The molecule has 1 aromatic carbocycles. The maximum Gasteiger partial charge on any atom is 0.304 e. The van der Waals surface area contributed by atoms with Gasteiger partial charge in [0.2, 0.25) is 0 Å². The zero-order chi connectivity index (χ0) is 13.5. The van der Waals surface area contributed by atoms with Crippen LogP contribution < -0.4 is 15.8 Å². The highest BCUT2D eigenvalue weighted by molar-refractivity contribution is 9.10. The molecule has 0 aliphatic carbocycles. The zero-order valence-electron chi connectivity index (χ0n) is 10.1. The molecule has 0 aliphatic heterocycles. The molecule has 0 bridgehead atoms. The van der Waals surface area contributed by atoms with Crippen molar-refractivity contribution in [3.05, 3.63) is 28.2 Å². The summed E-state index contributed by atoms with van der Waals surface area (Å²) in [5.41, 5.74) is 6.65. The van der Waals surface area contributed by atoms with Crippen LogP contribution in [0, 0.1) is 0 Å². The number of rotatable bonds is 7. The van der Waals surface area contributed by atoms with Crippen molar-refractivity contribution in [3.63, 3.8) is 0 Å². The molecule has 0 spiro atoms. The summed E-state index contributed by atoms with van der Waals surface area (Å²) in [5.74, 6) is -0.0955. The van der Waals surface area contributed by atoms with E-state index in [0.717, 1.165) is 15.8 Å². The molecule has 1 aromatic rings. The molecule has 0 saturated carbocycles. The number of carbonyl (C=O) groups is 1. The molecule has 0 saturated heterocycles. The van der Waals surface area contributed by atoms with Crippen LogP contribution in [0.4, 0.5) is 0 Å². The van der Waals surface area contributed by atoms with Gasteiger partial charge in [-0.15, -0.1) is 0 Å². The Kier molecular flexibility index (Phi) is 6.11. The standard InChI is InChI=1S/C12H17BrN2O3/c1-18-11-3-2-9(13)4-8(11)6-15-7-10(14)5-12(16)17/h2-4,10,15H,5-7,14H2,1H3,(H,16,17). The number of aliphatic carboxylic acids is 1. The Labute approximate surface area is 114 Å². The number of carboxylic acids is 1. The van der Waals surface area contributed by atoms with Gasteiger partial charge in [-0.05, 0) is 18.2 Å². The number of ether oxygens (including phenoxy) is 1. The Hall–Kier alpha value is -1.11. The van der Waals surface area contributed by atoms with Gasteiger partial charge in [0.1, 0.15) is 5.75 Å². The first-order chi connectivity index (χ1) is 8.52. The van der Waals surface area contributed by atoms with Gasteiger partial charge in [0.25, 0.3) is 0 Å². The van der Waals surface area contributed by atoms with E-state index in [1.807, 2.05) is 18.2 Å². The second kappa shape index (κ2) is 7.35. The van der Waals surface area contributed by atoms with Crippen molar-refractivity contribution in [3.8, 4) is 5.75 Å². The fourth-order valence-electron chi connectivity index (χ4n) is 1.57. The second-order valence-corrected chi connectivity index (χ2v) is 4.86. The van der Waals surface area contributed by atoms with Gasteiger partial charge in [-0.25, -0.2) is 0 Å². The summed E-state index contributed by atoms with van der Waals surface area (Å²) in [5, 5.41) is 11.7. The maximum atomic E-state index is 10.5. The van der Waals surface area contributed by atoms with Crippen molar-refractivity contribution in [2.24, 2.45) is 5.73 Å². The third-order valence-corrected chi connectivity index (χ3v) is 2.89. The minimum absolute atomic E-state index is 0.0391. The van der Waals surface area contributed by atoms with Gasteiger partial charge < -0.3 is 20.9 Å². The van der Waals surface area contributed by atoms with Gasteiger partial charge in [-0.3, -0.25) is 4.79 Å². The fraction of sp³-hybridized carbons (Fsp3) is 0.417. The first-order valence-electron chi connectivity index (χ1n) is 5.53. The molecule has 0 aliphatic rings. The fourth-order valence-corrected chi connectivity index (χ4v) is 1.98. The number of carboxylic acid groups (broad SMARTS) is 1. The van der Waals surface area contributed by atoms with Gasteiger partial charge in [0, 0.05) is 29.2 Å². The number of nitrogens with two attached hydrogens (primary N) is 1. The van der Waals surface area contributed by atoms with Crippen LogP contribution in [0.1, 0.15) is 12.0 Å². The number of hydrogen-bond acceptors (Lipinski definition) is 4. The predicted molar refractivity (Wildman–Crippen MR) is 72.6 cm³/mol. The van der Waals surface area contributed by atoms with Crippen molar-refractivity contribution in [2.45, 2.75) is 19.0 Å².